The van der Waals surface area contributed by atoms with Crippen LogP contribution < -0.4 is 5.06 Å². The van der Waals surface area contributed by atoms with Crippen molar-refractivity contribution in [3.63, 3.8) is 0 Å². The first-order valence-corrected chi connectivity index (χ1v) is 12.6. The standard InChI is InChI=1S/C28H21N3O5S/c32-27-24-25(23-16-15-22(37-23)19-11-13-21(14-12-19)31(34)35)30(20-9-5-2-6-10-20)36-26(24)28(33)29(27)17-18-7-3-1-4-8-18/h1-16,24-26H,17H2/t24-,25-,26+/m0/s1. The van der Waals surface area contributed by atoms with Gasteiger partial charge < -0.3 is 0 Å². The van der Waals surface area contributed by atoms with Gasteiger partial charge in [-0.25, -0.2) is 5.06 Å². The molecule has 0 saturated carbocycles. The average molecular weight is 512 g/mol. The highest BCUT2D eigenvalue weighted by Gasteiger charge is 2.60. The molecular formula is C28H21N3O5S. The highest BCUT2D eigenvalue weighted by Crippen LogP contribution is 2.49. The van der Waals surface area contributed by atoms with Crippen LogP contribution in [0.25, 0.3) is 10.4 Å². The molecule has 3 atom stereocenters. The van der Waals surface area contributed by atoms with Crippen LogP contribution in [0.2, 0.25) is 0 Å². The normalized spacial score (nSPS) is 20.9. The van der Waals surface area contributed by atoms with Gasteiger partial charge in [0.1, 0.15) is 12.0 Å². The quantitative estimate of drug-likeness (QED) is 0.196. The van der Waals surface area contributed by atoms with Gasteiger partial charge in [0, 0.05) is 21.9 Å². The van der Waals surface area contributed by atoms with Crippen molar-refractivity contribution >= 4 is 34.5 Å². The van der Waals surface area contributed by atoms with Crippen LogP contribution in [-0.2, 0) is 21.0 Å². The van der Waals surface area contributed by atoms with E-state index in [0.717, 1.165) is 26.6 Å². The Kier molecular flexibility index (Phi) is 5.78. The van der Waals surface area contributed by atoms with E-state index in [1.165, 1.54) is 28.4 Å². The first-order valence-electron chi connectivity index (χ1n) is 11.8. The van der Waals surface area contributed by atoms with Gasteiger partial charge in [-0.05, 0) is 47.5 Å². The number of rotatable bonds is 6. The highest BCUT2D eigenvalue weighted by atomic mass is 32.1. The molecule has 2 aliphatic rings. The van der Waals surface area contributed by atoms with Crippen molar-refractivity contribution in [3.05, 3.63) is 118 Å². The molecule has 3 aromatic carbocycles. The van der Waals surface area contributed by atoms with Crippen LogP contribution in [0.4, 0.5) is 11.4 Å². The minimum Gasteiger partial charge on any atom is -0.275 e. The number of non-ortho nitro benzene ring substituents is 1. The molecule has 3 heterocycles. The van der Waals surface area contributed by atoms with Gasteiger partial charge in [0.25, 0.3) is 11.6 Å². The number of fused-ring (bicyclic) bond motifs is 1. The summed E-state index contributed by atoms with van der Waals surface area (Å²) in [7, 11) is 0. The van der Waals surface area contributed by atoms with Crippen LogP contribution in [0, 0.1) is 16.0 Å². The molecule has 9 heteroatoms. The Labute approximate surface area is 216 Å². The number of amides is 2. The van der Waals surface area contributed by atoms with Gasteiger partial charge in [-0.2, -0.15) is 0 Å². The van der Waals surface area contributed by atoms with Crippen LogP contribution in [0.15, 0.2) is 97.1 Å². The molecule has 2 aliphatic heterocycles. The molecule has 0 aliphatic carbocycles. The Hall–Kier alpha value is -4.34. The van der Waals surface area contributed by atoms with Crippen molar-refractivity contribution in [1.29, 1.82) is 0 Å². The molecule has 2 amide bonds. The summed E-state index contributed by atoms with van der Waals surface area (Å²) < 4.78 is 0. The lowest BCUT2D eigenvalue weighted by Crippen LogP contribution is -2.36. The van der Waals surface area contributed by atoms with Crippen LogP contribution in [0.1, 0.15) is 16.5 Å². The number of nitro benzene ring substituents is 1. The van der Waals surface area contributed by atoms with E-state index in [4.69, 9.17) is 4.84 Å². The molecule has 0 bridgehead atoms. The maximum atomic E-state index is 13.7. The number of hydrogen-bond donors (Lipinski definition) is 0. The van der Waals surface area contributed by atoms with E-state index in [9.17, 15) is 19.7 Å². The smallest absolute Gasteiger partial charge is 0.269 e. The van der Waals surface area contributed by atoms with Crippen LogP contribution in [-0.4, -0.2) is 27.7 Å². The number of imide groups is 1. The van der Waals surface area contributed by atoms with Crippen molar-refractivity contribution < 1.29 is 19.3 Å². The van der Waals surface area contributed by atoms with Crippen molar-refractivity contribution in [1.82, 2.24) is 4.90 Å². The fraction of sp³-hybridized carbons (Fsp3) is 0.143. The minimum atomic E-state index is -0.911. The van der Waals surface area contributed by atoms with Crippen molar-refractivity contribution in [2.24, 2.45) is 5.92 Å². The van der Waals surface area contributed by atoms with Crippen LogP contribution in [0.5, 0.6) is 0 Å². The maximum Gasteiger partial charge on any atom is 0.269 e. The summed E-state index contributed by atoms with van der Waals surface area (Å²) in [5.41, 5.74) is 2.49. The number of carbonyl (C=O) groups is 2. The molecule has 0 unspecified atom stereocenters. The van der Waals surface area contributed by atoms with E-state index in [-0.39, 0.29) is 24.0 Å². The van der Waals surface area contributed by atoms with E-state index in [0.29, 0.717) is 0 Å². The lowest BCUT2D eigenvalue weighted by Gasteiger charge is -2.27. The van der Waals surface area contributed by atoms with E-state index in [1.54, 1.807) is 17.2 Å². The highest BCUT2D eigenvalue weighted by molar-refractivity contribution is 7.15. The second kappa shape index (κ2) is 9.27. The molecule has 0 N–H and O–H groups in total. The maximum absolute atomic E-state index is 13.7. The molecule has 2 saturated heterocycles. The summed E-state index contributed by atoms with van der Waals surface area (Å²) in [5.74, 6) is -1.29. The third-order valence-electron chi connectivity index (χ3n) is 6.68. The molecule has 2 fully saturated rings. The van der Waals surface area contributed by atoms with Gasteiger partial charge in [-0.3, -0.25) is 29.4 Å². The van der Waals surface area contributed by atoms with Crippen molar-refractivity contribution in [2.75, 3.05) is 5.06 Å². The van der Waals surface area contributed by atoms with Gasteiger partial charge in [0.05, 0.1) is 17.2 Å². The van der Waals surface area contributed by atoms with Crippen molar-refractivity contribution in [3.8, 4) is 10.4 Å². The number of anilines is 1. The van der Waals surface area contributed by atoms with Crippen molar-refractivity contribution in [2.45, 2.75) is 18.7 Å². The summed E-state index contributed by atoms with van der Waals surface area (Å²) in [5, 5.41) is 12.7. The second-order valence-corrected chi connectivity index (χ2v) is 10.0. The fourth-order valence-corrected chi connectivity index (χ4v) is 6.04. The number of hydrogen-bond acceptors (Lipinski definition) is 7. The Morgan fingerprint density at radius 3 is 2.19 bits per heavy atom. The molecular weight excluding hydrogens is 490 g/mol. The second-order valence-electron chi connectivity index (χ2n) is 8.91. The van der Waals surface area contributed by atoms with Gasteiger partial charge in [0.15, 0.2) is 6.10 Å². The molecule has 0 spiro atoms. The van der Waals surface area contributed by atoms with Gasteiger partial charge in [-0.15, -0.1) is 11.3 Å². The Bertz CT molecular complexity index is 1470. The number of thiophene rings is 1. The molecule has 0 radical (unpaired) electrons. The average Bonchev–Trinajstić information content (AvgIpc) is 3.62. The van der Waals surface area contributed by atoms with E-state index >= 15 is 0 Å². The van der Waals surface area contributed by atoms with Gasteiger partial charge in [0.2, 0.25) is 5.91 Å². The zero-order chi connectivity index (χ0) is 25.5. The number of nitro groups is 1. The third kappa shape index (κ3) is 4.08. The van der Waals surface area contributed by atoms with E-state index in [2.05, 4.69) is 0 Å². The Balaban J connectivity index is 1.36. The summed E-state index contributed by atoms with van der Waals surface area (Å²) in [6, 6.07) is 28.6. The van der Waals surface area contributed by atoms with Gasteiger partial charge >= 0.3 is 0 Å². The van der Waals surface area contributed by atoms with Crippen LogP contribution >= 0.6 is 11.3 Å². The predicted octanol–water partition coefficient (Wildman–Crippen LogP) is 5.37. The number of benzene rings is 3. The summed E-state index contributed by atoms with van der Waals surface area (Å²) in [6.45, 7) is 0.200. The summed E-state index contributed by atoms with van der Waals surface area (Å²) in [4.78, 5) is 46.9. The largest absolute Gasteiger partial charge is 0.275 e. The molecule has 4 aromatic rings. The molecule has 8 nitrogen and oxygen atoms in total. The fourth-order valence-electron chi connectivity index (χ4n) is 4.90. The zero-order valence-corrected chi connectivity index (χ0v) is 20.3. The lowest BCUT2D eigenvalue weighted by molar-refractivity contribution is -0.384. The van der Waals surface area contributed by atoms with Gasteiger partial charge in [-0.1, -0.05) is 48.5 Å². The molecule has 6 rings (SSSR count). The topological polar surface area (TPSA) is 93.0 Å². The first-order chi connectivity index (χ1) is 18.0. The number of likely N-dealkylation sites (tertiary alicyclic amines) is 1. The molecule has 1 aromatic heterocycles. The lowest BCUT2D eigenvalue weighted by atomic mass is 9.95. The number of para-hydroxylation sites is 1. The van der Waals surface area contributed by atoms with E-state index in [1.807, 2.05) is 72.8 Å². The number of carbonyl (C=O) groups excluding carboxylic acids is 2. The third-order valence-corrected chi connectivity index (χ3v) is 7.89. The summed E-state index contributed by atoms with van der Waals surface area (Å²) >= 11 is 1.48. The minimum absolute atomic E-state index is 0.0244. The molecule has 37 heavy (non-hydrogen) atoms. The Morgan fingerprint density at radius 1 is 0.838 bits per heavy atom. The predicted molar refractivity (Wildman–Crippen MR) is 138 cm³/mol. The zero-order valence-electron chi connectivity index (χ0n) is 19.5. The SMILES string of the molecule is O=C1[C@@H]2[C@@H](ON(c3ccccc3)[C@H]2c2ccc(-c3ccc([N+](=O)[O-])cc3)s2)C(=O)N1Cc1ccccc1. The first kappa shape index (κ1) is 23.1. The van der Waals surface area contributed by atoms with Crippen LogP contribution in [0.3, 0.4) is 0 Å². The monoisotopic (exact) mass is 511 g/mol. The molecule has 184 valence electrons. The number of hydroxylamine groups is 1. The van der Waals surface area contributed by atoms with E-state index < -0.39 is 23.0 Å². The number of nitrogens with zero attached hydrogens (tertiary/aromatic N) is 3. The Morgan fingerprint density at radius 2 is 1.51 bits per heavy atom. The summed E-state index contributed by atoms with van der Waals surface area (Å²) in [6.07, 6.45) is -0.911.